The molecule has 104 valence electrons. The zero-order valence-corrected chi connectivity index (χ0v) is 12.4. The first-order valence-corrected chi connectivity index (χ1v) is 6.92. The van der Waals surface area contributed by atoms with Crippen LogP contribution in [-0.2, 0) is 11.3 Å². The van der Waals surface area contributed by atoms with Crippen LogP contribution in [0.4, 0.5) is 5.69 Å². The molecule has 2 aromatic rings. The Morgan fingerprint density at radius 2 is 2.35 bits per heavy atom. The van der Waals surface area contributed by atoms with Gasteiger partial charge in [-0.05, 0) is 41.2 Å². The number of anilines is 1. The third kappa shape index (κ3) is 2.41. The van der Waals surface area contributed by atoms with Gasteiger partial charge in [0.1, 0.15) is 21.9 Å². The molecule has 0 saturated heterocycles. The van der Waals surface area contributed by atoms with Crippen LogP contribution < -0.4 is 15.4 Å². The molecule has 0 atom stereocenters. The molecule has 20 heavy (non-hydrogen) atoms. The fourth-order valence-electron chi connectivity index (χ4n) is 2.07. The molecule has 7 heteroatoms. The molecular weight excluding hydrogens is 324 g/mol. The summed E-state index contributed by atoms with van der Waals surface area (Å²) in [6.07, 6.45) is 0. The number of halogens is 1. The molecule has 3 N–H and O–H groups in total. The summed E-state index contributed by atoms with van der Waals surface area (Å²) in [4.78, 5) is 19.0. The maximum Gasteiger partial charge on any atom is 0.262 e. The minimum absolute atomic E-state index is 0.0603. The van der Waals surface area contributed by atoms with Crippen LogP contribution in [0.5, 0.6) is 5.75 Å². The second-order valence-corrected chi connectivity index (χ2v) is 5.22. The van der Waals surface area contributed by atoms with Crippen molar-refractivity contribution in [1.29, 1.82) is 0 Å². The number of aromatic amines is 1. The number of ether oxygens (including phenoxy) is 1. The lowest BCUT2D eigenvalue weighted by Crippen LogP contribution is -2.25. The standard InChI is InChI=1S/C13H13BrN4O2/c1-15-5-10-17-12(13(14)18-10)7-2-3-9-8(4-7)16-11(19)6-20-9/h2-4,15H,5-6H2,1H3,(H,16,19)(H,17,18). The Morgan fingerprint density at radius 3 is 3.15 bits per heavy atom. The number of nitrogens with one attached hydrogen (secondary N) is 3. The summed E-state index contributed by atoms with van der Waals surface area (Å²) >= 11 is 3.47. The zero-order valence-electron chi connectivity index (χ0n) is 10.8. The molecule has 1 aliphatic heterocycles. The van der Waals surface area contributed by atoms with Gasteiger partial charge in [0.15, 0.2) is 6.61 Å². The number of hydrogen-bond acceptors (Lipinski definition) is 4. The van der Waals surface area contributed by atoms with Crippen molar-refractivity contribution in [2.45, 2.75) is 6.54 Å². The summed E-state index contributed by atoms with van der Waals surface area (Å²) in [5.74, 6) is 1.37. The Balaban J connectivity index is 1.98. The van der Waals surface area contributed by atoms with Gasteiger partial charge in [-0.3, -0.25) is 4.79 Å². The molecule has 0 unspecified atom stereocenters. The van der Waals surface area contributed by atoms with Gasteiger partial charge in [0.05, 0.1) is 12.2 Å². The Hall–Kier alpha value is -1.86. The van der Waals surface area contributed by atoms with Crippen LogP contribution >= 0.6 is 15.9 Å². The first kappa shape index (κ1) is 13.1. The van der Waals surface area contributed by atoms with E-state index in [0.29, 0.717) is 18.0 Å². The van der Waals surface area contributed by atoms with Gasteiger partial charge in [-0.15, -0.1) is 0 Å². The van der Waals surface area contributed by atoms with Gasteiger partial charge in [-0.25, -0.2) is 4.98 Å². The van der Waals surface area contributed by atoms with E-state index in [-0.39, 0.29) is 12.5 Å². The largest absolute Gasteiger partial charge is 0.482 e. The Labute approximate surface area is 124 Å². The minimum atomic E-state index is -0.147. The number of fused-ring (bicyclic) bond motifs is 1. The van der Waals surface area contributed by atoms with E-state index < -0.39 is 0 Å². The lowest BCUT2D eigenvalue weighted by molar-refractivity contribution is -0.118. The molecule has 2 heterocycles. The van der Waals surface area contributed by atoms with Crippen LogP contribution in [0.15, 0.2) is 22.8 Å². The van der Waals surface area contributed by atoms with Crippen molar-refractivity contribution in [3.05, 3.63) is 28.6 Å². The molecule has 6 nitrogen and oxygen atoms in total. The first-order chi connectivity index (χ1) is 9.67. The van der Waals surface area contributed by atoms with E-state index in [1.54, 1.807) is 0 Å². The molecular formula is C13H13BrN4O2. The highest BCUT2D eigenvalue weighted by molar-refractivity contribution is 9.10. The Bertz CT molecular complexity index is 668. The van der Waals surface area contributed by atoms with Gasteiger partial charge >= 0.3 is 0 Å². The lowest BCUT2D eigenvalue weighted by atomic mass is 10.1. The van der Waals surface area contributed by atoms with E-state index in [1.165, 1.54) is 0 Å². The number of benzene rings is 1. The summed E-state index contributed by atoms with van der Waals surface area (Å²) in [5, 5.41) is 5.83. The van der Waals surface area contributed by atoms with Crippen LogP contribution in [0.2, 0.25) is 0 Å². The summed E-state index contributed by atoms with van der Waals surface area (Å²) in [7, 11) is 1.86. The second kappa shape index (κ2) is 5.26. The number of imidazole rings is 1. The molecule has 0 spiro atoms. The number of aromatic nitrogens is 2. The van der Waals surface area contributed by atoms with Crippen molar-refractivity contribution in [3.63, 3.8) is 0 Å². The van der Waals surface area contributed by atoms with Crippen LogP contribution in [-0.4, -0.2) is 29.5 Å². The van der Waals surface area contributed by atoms with Gasteiger partial charge in [-0.1, -0.05) is 0 Å². The van der Waals surface area contributed by atoms with Gasteiger partial charge < -0.3 is 20.4 Å². The van der Waals surface area contributed by atoms with E-state index in [0.717, 1.165) is 21.7 Å². The quantitative estimate of drug-likeness (QED) is 0.799. The van der Waals surface area contributed by atoms with Crippen molar-refractivity contribution in [2.24, 2.45) is 0 Å². The van der Waals surface area contributed by atoms with Crippen LogP contribution in [0.3, 0.4) is 0 Å². The van der Waals surface area contributed by atoms with E-state index in [2.05, 4.69) is 36.5 Å². The molecule has 0 radical (unpaired) electrons. The van der Waals surface area contributed by atoms with Crippen molar-refractivity contribution >= 4 is 27.5 Å². The third-order valence-corrected chi connectivity index (χ3v) is 3.51. The summed E-state index contributed by atoms with van der Waals surface area (Å²) < 4.78 is 6.15. The molecule has 1 aromatic heterocycles. The summed E-state index contributed by atoms with van der Waals surface area (Å²) in [6.45, 7) is 0.716. The van der Waals surface area contributed by atoms with Crippen LogP contribution in [0, 0.1) is 0 Å². The molecule has 1 amide bonds. The Kier molecular flexibility index (Phi) is 3.45. The second-order valence-electron chi connectivity index (χ2n) is 4.42. The monoisotopic (exact) mass is 336 g/mol. The highest BCUT2D eigenvalue weighted by Crippen LogP contribution is 2.34. The predicted molar refractivity (Wildman–Crippen MR) is 78.6 cm³/mol. The maximum absolute atomic E-state index is 11.4. The summed E-state index contributed by atoms with van der Waals surface area (Å²) in [5.41, 5.74) is 2.38. The molecule has 0 aliphatic carbocycles. The Morgan fingerprint density at radius 1 is 1.50 bits per heavy atom. The molecule has 0 fully saturated rings. The highest BCUT2D eigenvalue weighted by atomic mass is 79.9. The topological polar surface area (TPSA) is 79.0 Å². The fraction of sp³-hybridized carbons (Fsp3) is 0.231. The van der Waals surface area contributed by atoms with E-state index >= 15 is 0 Å². The van der Waals surface area contributed by atoms with Gasteiger partial charge in [0, 0.05) is 5.56 Å². The smallest absolute Gasteiger partial charge is 0.262 e. The number of nitrogens with zero attached hydrogens (tertiary/aromatic N) is 1. The zero-order chi connectivity index (χ0) is 14.1. The molecule has 3 rings (SSSR count). The number of rotatable bonds is 3. The number of hydrogen-bond donors (Lipinski definition) is 3. The number of carbonyl (C=O) groups excluding carboxylic acids is 1. The van der Waals surface area contributed by atoms with Gasteiger partial charge in [-0.2, -0.15) is 0 Å². The van der Waals surface area contributed by atoms with E-state index in [9.17, 15) is 4.79 Å². The number of amides is 1. The van der Waals surface area contributed by atoms with E-state index in [4.69, 9.17) is 4.74 Å². The highest BCUT2D eigenvalue weighted by Gasteiger charge is 2.18. The number of H-pyrrole nitrogens is 1. The summed E-state index contributed by atoms with van der Waals surface area (Å²) in [6, 6.07) is 5.61. The molecule has 0 bridgehead atoms. The minimum Gasteiger partial charge on any atom is -0.482 e. The lowest BCUT2D eigenvalue weighted by Gasteiger charge is -2.18. The van der Waals surface area contributed by atoms with Crippen molar-refractivity contribution in [3.8, 4) is 17.0 Å². The van der Waals surface area contributed by atoms with Crippen molar-refractivity contribution in [1.82, 2.24) is 15.3 Å². The van der Waals surface area contributed by atoms with E-state index in [1.807, 2.05) is 25.2 Å². The van der Waals surface area contributed by atoms with Gasteiger partial charge in [0.25, 0.3) is 5.91 Å². The molecule has 1 aromatic carbocycles. The molecule has 1 aliphatic rings. The average Bonchev–Trinajstić information content (AvgIpc) is 2.79. The van der Waals surface area contributed by atoms with Crippen molar-refractivity contribution in [2.75, 3.05) is 19.0 Å². The third-order valence-electron chi connectivity index (χ3n) is 2.94. The van der Waals surface area contributed by atoms with Crippen molar-refractivity contribution < 1.29 is 9.53 Å². The number of carbonyl (C=O) groups is 1. The van der Waals surface area contributed by atoms with Crippen LogP contribution in [0.25, 0.3) is 11.3 Å². The van der Waals surface area contributed by atoms with Gasteiger partial charge in [0.2, 0.25) is 0 Å². The predicted octanol–water partition coefficient (Wildman–Crippen LogP) is 1.89. The SMILES string of the molecule is CNCc1nc(-c2ccc3c(c2)NC(=O)CO3)c(Br)[nH]1. The molecule has 0 saturated carbocycles. The maximum atomic E-state index is 11.4. The van der Waals surface area contributed by atoms with Crippen LogP contribution in [0.1, 0.15) is 5.82 Å². The average molecular weight is 337 g/mol. The first-order valence-electron chi connectivity index (χ1n) is 6.13. The normalized spacial score (nSPS) is 13.6. The fourth-order valence-corrected chi connectivity index (χ4v) is 2.62.